The third kappa shape index (κ3) is 3.45. The second-order valence-electron chi connectivity index (χ2n) is 4.55. The number of thiophene rings is 1. The van der Waals surface area contributed by atoms with E-state index in [0.29, 0.717) is 5.41 Å². The summed E-state index contributed by atoms with van der Waals surface area (Å²) in [6.07, 6.45) is 3.84. The van der Waals surface area contributed by atoms with Crippen LogP contribution < -0.4 is 5.32 Å². The van der Waals surface area contributed by atoms with Crippen molar-refractivity contribution in [1.82, 2.24) is 5.32 Å². The average Bonchev–Trinajstić information content (AvgIpc) is 2.90. The number of rotatable bonds is 7. The highest BCUT2D eigenvalue weighted by molar-refractivity contribution is 7.16. The van der Waals surface area contributed by atoms with Gasteiger partial charge in [0, 0.05) is 25.1 Å². The molecule has 1 aliphatic rings. The summed E-state index contributed by atoms with van der Waals surface area (Å²) in [7, 11) is 1.74. The van der Waals surface area contributed by atoms with Crippen molar-refractivity contribution in [1.29, 1.82) is 0 Å². The van der Waals surface area contributed by atoms with E-state index in [1.807, 2.05) is 6.07 Å². The largest absolute Gasteiger partial charge is 0.383 e. The topological polar surface area (TPSA) is 21.3 Å². The Morgan fingerprint density at radius 2 is 2.31 bits per heavy atom. The SMILES string of the molecule is COCCNCC1(Cc2ccc(Cl)s2)CC1. The highest BCUT2D eigenvalue weighted by Gasteiger charge is 2.42. The van der Waals surface area contributed by atoms with Crippen LogP contribution in [0, 0.1) is 5.41 Å². The zero-order chi connectivity index (χ0) is 11.4. The predicted octanol–water partition coefficient (Wildman–Crippen LogP) is 2.96. The fourth-order valence-electron chi connectivity index (χ4n) is 1.94. The van der Waals surface area contributed by atoms with E-state index < -0.39 is 0 Å². The Morgan fingerprint density at radius 3 is 2.88 bits per heavy atom. The molecule has 2 rings (SSSR count). The normalized spacial score (nSPS) is 17.6. The first-order valence-electron chi connectivity index (χ1n) is 5.68. The zero-order valence-electron chi connectivity index (χ0n) is 9.59. The fraction of sp³-hybridized carbons (Fsp3) is 0.667. The molecule has 16 heavy (non-hydrogen) atoms. The van der Waals surface area contributed by atoms with Crippen molar-refractivity contribution in [3.8, 4) is 0 Å². The summed E-state index contributed by atoms with van der Waals surface area (Å²) < 4.78 is 5.92. The number of hydrogen-bond donors (Lipinski definition) is 1. The minimum Gasteiger partial charge on any atom is -0.383 e. The van der Waals surface area contributed by atoms with Gasteiger partial charge in [0.1, 0.15) is 0 Å². The molecule has 90 valence electrons. The summed E-state index contributed by atoms with van der Waals surface area (Å²) in [6, 6.07) is 4.15. The molecule has 0 spiro atoms. The molecule has 1 aliphatic carbocycles. The lowest BCUT2D eigenvalue weighted by molar-refractivity contribution is 0.197. The number of halogens is 1. The van der Waals surface area contributed by atoms with E-state index in [-0.39, 0.29) is 0 Å². The predicted molar refractivity (Wildman–Crippen MR) is 69.4 cm³/mol. The molecular weight excluding hydrogens is 242 g/mol. The van der Waals surface area contributed by atoms with Gasteiger partial charge in [0.15, 0.2) is 0 Å². The van der Waals surface area contributed by atoms with Gasteiger partial charge >= 0.3 is 0 Å². The maximum atomic E-state index is 5.94. The van der Waals surface area contributed by atoms with Gasteiger partial charge in [-0.05, 0) is 36.8 Å². The van der Waals surface area contributed by atoms with E-state index in [4.69, 9.17) is 16.3 Å². The average molecular weight is 260 g/mol. The molecule has 1 saturated carbocycles. The van der Waals surface area contributed by atoms with Crippen molar-refractivity contribution in [3.05, 3.63) is 21.3 Å². The third-order valence-electron chi connectivity index (χ3n) is 3.12. The van der Waals surface area contributed by atoms with Crippen LogP contribution in [0.1, 0.15) is 17.7 Å². The summed E-state index contributed by atoms with van der Waals surface area (Å²) >= 11 is 7.65. The Bertz CT molecular complexity index is 336. The summed E-state index contributed by atoms with van der Waals surface area (Å²) in [5.74, 6) is 0. The van der Waals surface area contributed by atoms with Crippen LogP contribution in [-0.4, -0.2) is 26.8 Å². The molecule has 1 aromatic rings. The number of hydrogen-bond acceptors (Lipinski definition) is 3. The summed E-state index contributed by atoms with van der Waals surface area (Å²) in [4.78, 5) is 1.41. The number of methoxy groups -OCH3 is 1. The molecule has 0 unspecified atom stereocenters. The Morgan fingerprint density at radius 1 is 1.50 bits per heavy atom. The molecule has 4 heteroatoms. The van der Waals surface area contributed by atoms with Crippen LogP contribution in [0.25, 0.3) is 0 Å². The Balaban J connectivity index is 1.75. The van der Waals surface area contributed by atoms with Gasteiger partial charge in [-0.3, -0.25) is 0 Å². The van der Waals surface area contributed by atoms with Crippen LogP contribution in [-0.2, 0) is 11.2 Å². The molecule has 0 aromatic carbocycles. The second-order valence-corrected chi connectivity index (χ2v) is 6.35. The Labute approximate surface area is 106 Å². The van der Waals surface area contributed by atoms with Crippen LogP contribution in [0.2, 0.25) is 4.34 Å². The van der Waals surface area contributed by atoms with Crippen LogP contribution in [0.3, 0.4) is 0 Å². The molecule has 0 bridgehead atoms. The van der Waals surface area contributed by atoms with E-state index in [0.717, 1.165) is 24.0 Å². The minimum absolute atomic E-state index is 0.502. The lowest BCUT2D eigenvalue weighted by Gasteiger charge is -2.14. The van der Waals surface area contributed by atoms with Crippen LogP contribution >= 0.6 is 22.9 Å². The van der Waals surface area contributed by atoms with E-state index in [2.05, 4.69) is 11.4 Å². The van der Waals surface area contributed by atoms with Gasteiger partial charge in [0.2, 0.25) is 0 Å². The van der Waals surface area contributed by atoms with Crippen molar-refractivity contribution in [3.63, 3.8) is 0 Å². The quantitative estimate of drug-likeness (QED) is 0.761. The minimum atomic E-state index is 0.502. The molecule has 0 radical (unpaired) electrons. The lowest BCUT2D eigenvalue weighted by atomic mass is 10.0. The van der Waals surface area contributed by atoms with Gasteiger partial charge in [-0.25, -0.2) is 0 Å². The van der Waals surface area contributed by atoms with Gasteiger partial charge in [0.05, 0.1) is 10.9 Å². The van der Waals surface area contributed by atoms with Crippen LogP contribution in [0.5, 0.6) is 0 Å². The molecule has 0 saturated heterocycles. The van der Waals surface area contributed by atoms with Crippen molar-refractivity contribution in [2.45, 2.75) is 19.3 Å². The van der Waals surface area contributed by atoms with Crippen LogP contribution in [0.15, 0.2) is 12.1 Å². The van der Waals surface area contributed by atoms with Crippen molar-refractivity contribution >= 4 is 22.9 Å². The monoisotopic (exact) mass is 259 g/mol. The summed E-state index contributed by atoms with van der Waals surface area (Å²) in [6.45, 7) is 2.84. The van der Waals surface area contributed by atoms with Gasteiger partial charge in [0.25, 0.3) is 0 Å². The highest BCUT2D eigenvalue weighted by atomic mass is 35.5. The first-order valence-corrected chi connectivity index (χ1v) is 6.87. The Kier molecular flexibility index (Phi) is 4.25. The summed E-state index contributed by atoms with van der Waals surface area (Å²) in [5, 5.41) is 3.46. The maximum absolute atomic E-state index is 5.94. The molecule has 0 aliphatic heterocycles. The molecule has 2 nitrogen and oxygen atoms in total. The van der Waals surface area contributed by atoms with Gasteiger partial charge < -0.3 is 10.1 Å². The number of ether oxygens (including phenoxy) is 1. The maximum Gasteiger partial charge on any atom is 0.0931 e. The zero-order valence-corrected chi connectivity index (χ0v) is 11.2. The summed E-state index contributed by atoms with van der Waals surface area (Å²) in [5.41, 5.74) is 0.502. The van der Waals surface area contributed by atoms with Gasteiger partial charge in [-0.2, -0.15) is 0 Å². The van der Waals surface area contributed by atoms with E-state index in [1.54, 1.807) is 18.4 Å². The second kappa shape index (κ2) is 5.50. The molecule has 1 aromatic heterocycles. The van der Waals surface area contributed by atoms with Crippen LogP contribution in [0.4, 0.5) is 0 Å². The van der Waals surface area contributed by atoms with E-state index in [1.165, 1.54) is 24.1 Å². The van der Waals surface area contributed by atoms with Crippen molar-refractivity contribution < 1.29 is 4.74 Å². The molecule has 0 amide bonds. The van der Waals surface area contributed by atoms with E-state index >= 15 is 0 Å². The fourth-order valence-corrected chi connectivity index (χ4v) is 3.20. The first kappa shape index (κ1) is 12.4. The molecule has 1 heterocycles. The van der Waals surface area contributed by atoms with Gasteiger partial charge in [-0.15, -0.1) is 11.3 Å². The molecule has 1 N–H and O–H groups in total. The van der Waals surface area contributed by atoms with Crippen molar-refractivity contribution in [2.24, 2.45) is 5.41 Å². The van der Waals surface area contributed by atoms with E-state index in [9.17, 15) is 0 Å². The Hall–Kier alpha value is -0.0900. The molecular formula is C12H18ClNOS. The molecule has 0 atom stereocenters. The standard InChI is InChI=1S/C12H18ClNOS/c1-15-7-6-14-9-12(4-5-12)8-10-2-3-11(13)16-10/h2-3,14H,4-9H2,1H3. The van der Waals surface area contributed by atoms with Crippen molar-refractivity contribution in [2.75, 3.05) is 26.8 Å². The lowest BCUT2D eigenvalue weighted by Crippen LogP contribution is -2.28. The smallest absolute Gasteiger partial charge is 0.0931 e. The van der Waals surface area contributed by atoms with Gasteiger partial charge in [-0.1, -0.05) is 11.6 Å². The third-order valence-corrected chi connectivity index (χ3v) is 4.35. The first-order chi connectivity index (χ1) is 7.74. The number of nitrogens with one attached hydrogen (secondary N) is 1. The highest BCUT2D eigenvalue weighted by Crippen LogP contribution is 2.48. The molecule has 1 fully saturated rings.